The molecular weight excluding hydrogens is 232 g/mol. The molecule has 15 heavy (non-hydrogen) atoms. The molecule has 0 bridgehead atoms. The monoisotopic (exact) mass is 244 g/mol. The highest BCUT2D eigenvalue weighted by Crippen LogP contribution is 2.20. The van der Waals surface area contributed by atoms with Gasteiger partial charge in [-0.15, -0.1) is 11.3 Å². The lowest BCUT2D eigenvalue weighted by Gasteiger charge is -2.16. The molecule has 0 saturated carbocycles. The van der Waals surface area contributed by atoms with E-state index in [0.29, 0.717) is 17.2 Å². The Labute approximate surface area is 93.8 Å². The minimum Gasteiger partial charge on any atom is -0.206 e. The zero-order valence-corrected chi connectivity index (χ0v) is 10.0. The van der Waals surface area contributed by atoms with Crippen LogP contribution in [0.2, 0.25) is 0 Å². The van der Waals surface area contributed by atoms with Crippen LogP contribution in [-0.4, -0.2) is 25.8 Å². The highest BCUT2D eigenvalue weighted by Gasteiger charge is 2.24. The summed E-state index contributed by atoms with van der Waals surface area (Å²) in [5.41, 5.74) is 0. The third-order valence-corrected chi connectivity index (χ3v) is 5.03. The highest BCUT2D eigenvalue weighted by atomic mass is 32.2. The fourth-order valence-corrected chi connectivity index (χ4v) is 3.72. The summed E-state index contributed by atoms with van der Waals surface area (Å²) in [6.45, 7) is 2.18. The maximum absolute atomic E-state index is 12.0. The van der Waals surface area contributed by atoms with Crippen LogP contribution in [0, 0.1) is 11.3 Å². The first-order valence-corrected chi connectivity index (χ1v) is 6.85. The third-order valence-electron chi connectivity index (χ3n) is 1.81. The van der Waals surface area contributed by atoms with Crippen LogP contribution in [0.3, 0.4) is 0 Å². The molecule has 0 aliphatic heterocycles. The van der Waals surface area contributed by atoms with E-state index in [4.69, 9.17) is 5.26 Å². The van der Waals surface area contributed by atoms with E-state index in [1.54, 1.807) is 17.5 Å². The molecule has 0 radical (unpaired) electrons. The molecule has 0 N–H and O–H groups in total. The summed E-state index contributed by atoms with van der Waals surface area (Å²) in [5.74, 6) is 0. The van der Waals surface area contributed by atoms with Crippen LogP contribution < -0.4 is 0 Å². The Morgan fingerprint density at radius 2 is 2.33 bits per heavy atom. The molecule has 1 aromatic heterocycles. The standard InChI is InChI=1S/C9H12N2O2S2/c1-2-6-11(7-5-10)15(12,13)9-4-3-8-14-9/h3-4,8H,2,6-7H2,1H3. The topological polar surface area (TPSA) is 61.2 Å². The van der Waals surface area contributed by atoms with Crippen molar-refractivity contribution in [2.45, 2.75) is 17.6 Å². The van der Waals surface area contributed by atoms with Crippen molar-refractivity contribution in [3.8, 4) is 6.07 Å². The molecule has 82 valence electrons. The number of hydrogen-bond donors (Lipinski definition) is 0. The molecule has 0 atom stereocenters. The Kier molecular flexibility index (Phi) is 4.27. The van der Waals surface area contributed by atoms with Crippen LogP contribution >= 0.6 is 11.3 Å². The lowest BCUT2D eigenvalue weighted by molar-refractivity contribution is 0.446. The van der Waals surface area contributed by atoms with Gasteiger partial charge in [0.1, 0.15) is 10.8 Å². The third kappa shape index (κ3) is 2.78. The Morgan fingerprint density at radius 3 is 2.80 bits per heavy atom. The van der Waals surface area contributed by atoms with Crippen molar-refractivity contribution in [2.24, 2.45) is 0 Å². The predicted molar refractivity (Wildman–Crippen MR) is 59.0 cm³/mol. The lowest BCUT2D eigenvalue weighted by atomic mass is 10.5. The Morgan fingerprint density at radius 1 is 1.60 bits per heavy atom. The van der Waals surface area contributed by atoms with Crippen molar-refractivity contribution >= 4 is 21.4 Å². The first-order valence-electron chi connectivity index (χ1n) is 4.53. The largest absolute Gasteiger partial charge is 0.253 e. The van der Waals surface area contributed by atoms with Crippen molar-refractivity contribution in [3.63, 3.8) is 0 Å². The van der Waals surface area contributed by atoms with Crippen molar-refractivity contribution < 1.29 is 8.42 Å². The van der Waals surface area contributed by atoms with Gasteiger partial charge in [-0.3, -0.25) is 0 Å². The van der Waals surface area contributed by atoms with Crippen LogP contribution in [-0.2, 0) is 10.0 Å². The van der Waals surface area contributed by atoms with E-state index in [1.165, 1.54) is 15.6 Å². The first kappa shape index (κ1) is 12.2. The number of rotatable bonds is 5. The molecule has 1 heterocycles. The molecule has 1 aromatic rings. The minimum atomic E-state index is -3.45. The number of thiophene rings is 1. The molecule has 0 fully saturated rings. The van der Waals surface area contributed by atoms with Crippen molar-refractivity contribution in [2.75, 3.05) is 13.1 Å². The van der Waals surface area contributed by atoms with E-state index < -0.39 is 10.0 Å². The number of nitrogens with zero attached hydrogens (tertiary/aromatic N) is 2. The summed E-state index contributed by atoms with van der Waals surface area (Å²) in [7, 11) is -3.45. The molecule has 6 heteroatoms. The Balaban J connectivity index is 2.97. The first-order chi connectivity index (χ1) is 7.12. The maximum Gasteiger partial charge on any atom is 0.253 e. The average molecular weight is 244 g/mol. The fraction of sp³-hybridized carbons (Fsp3) is 0.444. The second-order valence-corrected chi connectivity index (χ2v) is 6.04. The Hall–Kier alpha value is -0.900. The van der Waals surface area contributed by atoms with E-state index in [0.717, 1.165) is 0 Å². The van der Waals surface area contributed by atoms with Gasteiger partial charge < -0.3 is 0 Å². The molecule has 1 rings (SSSR count). The van der Waals surface area contributed by atoms with Gasteiger partial charge in [-0.2, -0.15) is 9.57 Å². The maximum atomic E-state index is 12.0. The second kappa shape index (κ2) is 5.26. The summed E-state index contributed by atoms with van der Waals surface area (Å²) in [4.78, 5) is 0. The fourth-order valence-electron chi connectivity index (χ4n) is 1.15. The van der Waals surface area contributed by atoms with E-state index in [1.807, 2.05) is 13.0 Å². The molecule has 0 aliphatic rings. The summed E-state index contributed by atoms with van der Waals surface area (Å²) in [6.07, 6.45) is 0.701. The van der Waals surface area contributed by atoms with Crippen molar-refractivity contribution in [1.82, 2.24) is 4.31 Å². The van der Waals surface area contributed by atoms with Gasteiger partial charge in [0.2, 0.25) is 0 Å². The van der Waals surface area contributed by atoms with Gasteiger partial charge in [-0.25, -0.2) is 8.42 Å². The number of nitriles is 1. The summed E-state index contributed by atoms with van der Waals surface area (Å²) in [6, 6.07) is 5.12. The molecule has 0 amide bonds. The van der Waals surface area contributed by atoms with E-state index in [2.05, 4.69) is 0 Å². The molecule has 0 unspecified atom stereocenters. The van der Waals surface area contributed by atoms with Gasteiger partial charge in [0.25, 0.3) is 10.0 Å². The molecule has 0 saturated heterocycles. The van der Waals surface area contributed by atoms with Crippen LogP contribution in [0.5, 0.6) is 0 Å². The van der Waals surface area contributed by atoms with E-state index in [9.17, 15) is 8.42 Å². The van der Waals surface area contributed by atoms with Gasteiger partial charge in [0, 0.05) is 6.54 Å². The molecular formula is C9H12N2O2S2. The second-order valence-electron chi connectivity index (χ2n) is 2.93. The van der Waals surface area contributed by atoms with Crippen molar-refractivity contribution in [1.29, 1.82) is 5.26 Å². The van der Waals surface area contributed by atoms with Gasteiger partial charge >= 0.3 is 0 Å². The normalized spacial score (nSPS) is 11.5. The Bertz CT molecular complexity index is 431. The molecule has 4 nitrogen and oxygen atoms in total. The van der Waals surface area contributed by atoms with Gasteiger partial charge in [0.05, 0.1) is 6.07 Å². The zero-order chi connectivity index (χ0) is 11.3. The summed E-state index contributed by atoms with van der Waals surface area (Å²) < 4.78 is 25.4. The number of hydrogen-bond acceptors (Lipinski definition) is 4. The smallest absolute Gasteiger partial charge is 0.206 e. The van der Waals surface area contributed by atoms with Crippen LogP contribution in [0.25, 0.3) is 0 Å². The number of sulfonamides is 1. The lowest BCUT2D eigenvalue weighted by Crippen LogP contribution is -2.31. The minimum absolute atomic E-state index is 0.0892. The summed E-state index contributed by atoms with van der Waals surface area (Å²) in [5, 5.41) is 10.3. The van der Waals surface area contributed by atoms with Crippen LogP contribution in [0.4, 0.5) is 0 Å². The SMILES string of the molecule is CCCN(CC#N)S(=O)(=O)c1cccs1. The molecule has 0 spiro atoms. The highest BCUT2D eigenvalue weighted by molar-refractivity contribution is 7.91. The van der Waals surface area contributed by atoms with E-state index in [-0.39, 0.29) is 6.54 Å². The molecule has 0 aromatic carbocycles. The predicted octanol–water partition coefficient (Wildman–Crippen LogP) is 1.67. The van der Waals surface area contributed by atoms with Crippen LogP contribution in [0.15, 0.2) is 21.7 Å². The molecule has 0 aliphatic carbocycles. The van der Waals surface area contributed by atoms with Gasteiger partial charge in [-0.1, -0.05) is 13.0 Å². The van der Waals surface area contributed by atoms with Gasteiger partial charge in [0.15, 0.2) is 0 Å². The van der Waals surface area contributed by atoms with Crippen molar-refractivity contribution in [3.05, 3.63) is 17.5 Å². The zero-order valence-electron chi connectivity index (χ0n) is 8.38. The van der Waals surface area contributed by atoms with Crippen LogP contribution in [0.1, 0.15) is 13.3 Å². The van der Waals surface area contributed by atoms with Gasteiger partial charge in [-0.05, 0) is 17.9 Å². The summed E-state index contributed by atoms with van der Waals surface area (Å²) >= 11 is 1.17. The quantitative estimate of drug-likeness (QED) is 0.740. The van der Waals surface area contributed by atoms with E-state index >= 15 is 0 Å². The average Bonchev–Trinajstić information content (AvgIpc) is 2.70.